The fraction of sp³-hybridized carbons (Fsp3) is 0.111. The molecule has 0 aliphatic heterocycles. The van der Waals surface area contributed by atoms with Crippen LogP contribution >= 0.6 is 0 Å². The second-order valence-electron chi connectivity index (χ2n) is 2.59. The van der Waals surface area contributed by atoms with Gasteiger partial charge in [0.15, 0.2) is 11.6 Å². The number of nitrogens with zero attached hydrogens (tertiary/aromatic N) is 2. The highest BCUT2D eigenvalue weighted by molar-refractivity contribution is 5.55. The van der Waals surface area contributed by atoms with Crippen molar-refractivity contribution in [2.75, 3.05) is 7.11 Å². The minimum atomic E-state index is -0.421. The number of hydrogen-bond acceptors (Lipinski definition) is 4. The Kier molecular flexibility index (Phi) is 2.14. The number of ether oxygens (including phenoxy) is 1. The summed E-state index contributed by atoms with van der Waals surface area (Å²) in [6, 6.07) is 4.34. The van der Waals surface area contributed by atoms with Crippen molar-refractivity contribution in [2.45, 2.75) is 0 Å². The fourth-order valence-electron chi connectivity index (χ4n) is 1.09. The van der Waals surface area contributed by atoms with Gasteiger partial charge in [-0.1, -0.05) is 0 Å². The molecule has 0 aliphatic carbocycles. The van der Waals surface area contributed by atoms with Gasteiger partial charge >= 0.3 is 0 Å². The summed E-state index contributed by atoms with van der Waals surface area (Å²) in [5.74, 6) is 0.0692. The number of hydrogen-bond donors (Lipinski definition) is 0. The molecule has 2 rings (SSSR count). The van der Waals surface area contributed by atoms with Crippen molar-refractivity contribution >= 4 is 0 Å². The molecule has 72 valence electrons. The van der Waals surface area contributed by atoms with Crippen LogP contribution in [0.4, 0.5) is 4.39 Å². The van der Waals surface area contributed by atoms with E-state index in [9.17, 15) is 4.39 Å². The van der Waals surface area contributed by atoms with Gasteiger partial charge in [-0.05, 0) is 18.2 Å². The standard InChI is InChI=1S/C9H7FN2O2/c1-13-8-4-6(2-3-7(8)10)9-12-11-5-14-9/h2-5H,1H3. The van der Waals surface area contributed by atoms with Crippen molar-refractivity contribution < 1.29 is 13.5 Å². The van der Waals surface area contributed by atoms with Crippen LogP contribution in [0.5, 0.6) is 5.75 Å². The van der Waals surface area contributed by atoms with Crippen LogP contribution in [-0.4, -0.2) is 17.3 Å². The van der Waals surface area contributed by atoms with E-state index in [2.05, 4.69) is 10.2 Å². The molecule has 2 aromatic rings. The lowest BCUT2D eigenvalue weighted by Crippen LogP contribution is -1.88. The third kappa shape index (κ3) is 1.44. The first-order valence-electron chi connectivity index (χ1n) is 3.91. The Morgan fingerprint density at radius 1 is 1.43 bits per heavy atom. The highest BCUT2D eigenvalue weighted by atomic mass is 19.1. The zero-order valence-corrected chi connectivity index (χ0v) is 7.40. The summed E-state index contributed by atoms with van der Waals surface area (Å²) in [6.45, 7) is 0. The Labute approximate surface area is 79.3 Å². The van der Waals surface area contributed by atoms with Crippen molar-refractivity contribution in [3.05, 3.63) is 30.4 Å². The Morgan fingerprint density at radius 3 is 2.93 bits per heavy atom. The summed E-state index contributed by atoms with van der Waals surface area (Å²) >= 11 is 0. The number of rotatable bonds is 2. The van der Waals surface area contributed by atoms with Gasteiger partial charge in [0.25, 0.3) is 0 Å². The predicted molar refractivity (Wildman–Crippen MR) is 46.2 cm³/mol. The zero-order valence-electron chi connectivity index (χ0n) is 7.40. The molecule has 0 radical (unpaired) electrons. The first-order valence-corrected chi connectivity index (χ1v) is 3.91. The Morgan fingerprint density at radius 2 is 2.29 bits per heavy atom. The maximum Gasteiger partial charge on any atom is 0.247 e. The molecule has 14 heavy (non-hydrogen) atoms. The lowest BCUT2D eigenvalue weighted by Gasteiger charge is -2.02. The highest BCUT2D eigenvalue weighted by Crippen LogP contribution is 2.24. The van der Waals surface area contributed by atoms with Gasteiger partial charge in [-0.3, -0.25) is 0 Å². The molecular weight excluding hydrogens is 187 g/mol. The minimum absolute atomic E-state index is 0.153. The van der Waals surface area contributed by atoms with E-state index in [4.69, 9.17) is 9.15 Å². The Hall–Kier alpha value is -1.91. The van der Waals surface area contributed by atoms with E-state index in [1.165, 1.54) is 25.6 Å². The minimum Gasteiger partial charge on any atom is -0.494 e. The lowest BCUT2D eigenvalue weighted by molar-refractivity contribution is 0.386. The van der Waals surface area contributed by atoms with Crippen molar-refractivity contribution in [2.24, 2.45) is 0 Å². The largest absolute Gasteiger partial charge is 0.494 e. The van der Waals surface area contributed by atoms with Crippen LogP contribution in [0.15, 0.2) is 29.0 Å². The van der Waals surface area contributed by atoms with Gasteiger partial charge in [0.2, 0.25) is 12.3 Å². The molecule has 0 bridgehead atoms. The van der Waals surface area contributed by atoms with Gasteiger partial charge in [-0.15, -0.1) is 10.2 Å². The molecular formula is C9H7FN2O2. The Balaban J connectivity index is 2.46. The SMILES string of the molecule is COc1cc(-c2nnco2)ccc1F. The average Bonchev–Trinajstić information content (AvgIpc) is 2.71. The number of halogens is 1. The summed E-state index contributed by atoms with van der Waals surface area (Å²) in [5.41, 5.74) is 0.626. The third-order valence-corrected chi connectivity index (χ3v) is 1.76. The number of benzene rings is 1. The van der Waals surface area contributed by atoms with Crippen molar-refractivity contribution in [1.82, 2.24) is 10.2 Å². The fourth-order valence-corrected chi connectivity index (χ4v) is 1.09. The van der Waals surface area contributed by atoms with E-state index in [0.29, 0.717) is 11.5 Å². The van der Waals surface area contributed by atoms with Crippen LogP contribution < -0.4 is 4.74 Å². The number of aromatic nitrogens is 2. The highest BCUT2D eigenvalue weighted by Gasteiger charge is 2.08. The molecule has 1 aromatic heterocycles. The topological polar surface area (TPSA) is 48.2 Å². The quantitative estimate of drug-likeness (QED) is 0.732. The van der Waals surface area contributed by atoms with E-state index in [-0.39, 0.29) is 5.75 Å². The molecule has 1 heterocycles. The van der Waals surface area contributed by atoms with Crippen molar-refractivity contribution in [3.63, 3.8) is 0 Å². The predicted octanol–water partition coefficient (Wildman–Crippen LogP) is 1.88. The van der Waals surface area contributed by atoms with Gasteiger partial charge in [0, 0.05) is 5.56 Å². The summed E-state index contributed by atoms with van der Waals surface area (Å²) in [7, 11) is 1.40. The van der Waals surface area contributed by atoms with Crippen molar-refractivity contribution in [3.8, 4) is 17.2 Å². The summed E-state index contributed by atoms with van der Waals surface area (Å²) in [6.07, 6.45) is 1.21. The van der Waals surface area contributed by atoms with Crippen molar-refractivity contribution in [1.29, 1.82) is 0 Å². The van der Waals surface area contributed by atoms with E-state index in [1.54, 1.807) is 6.07 Å². The van der Waals surface area contributed by atoms with Gasteiger partial charge in [0.1, 0.15) is 0 Å². The maximum absolute atomic E-state index is 13.0. The lowest BCUT2D eigenvalue weighted by atomic mass is 10.2. The average molecular weight is 194 g/mol. The van der Waals surface area contributed by atoms with Gasteiger partial charge in [-0.2, -0.15) is 0 Å². The molecule has 0 spiro atoms. The van der Waals surface area contributed by atoms with Gasteiger partial charge < -0.3 is 9.15 Å². The first-order chi connectivity index (χ1) is 6.81. The van der Waals surface area contributed by atoms with E-state index in [0.717, 1.165) is 0 Å². The normalized spacial score (nSPS) is 10.1. The molecule has 0 saturated carbocycles. The molecule has 0 atom stereocenters. The van der Waals surface area contributed by atoms with E-state index in [1.807, 2.05) is 0 Å². The molecule has 0 unspecified atom stereocenters. The number of methoxy groups -OCH3 is 1. The van der Waals surface area contributed by atoms with Crippen LogP contribution in [0.1, 0.15) is 0 Å². The first kappa shape index (κ1) is 8.68. The second kappa shape index (κ2) is 3.45. The molecule has 5 heteroatoms. The summed E-state index contributed by atoms with van der Waals surface area (Å²) < 4.78 is 22.8. The zero-order chi connectivity index (χ0) is 9.97. The van der Waals surface area contributed by atoms with Gasteiger partial charge in [0.05, 0.1) is 7.11 Å². The molecule has 0 saturated heterocycles. The monoisotopic (exact) mass is 194 g/mol. The summed E-state index contributed by atoms with van der Waals surface area (Å²) in [5, 5.41) is 7.22. The molecule has 1 aromatic carbocycles. The van der Waals surface area contributed by atoms with Crippen LogP contribution in [0, 0.1) is 5.82 Å². The molecule has 0 aliphatic rings. The van der Waals surface area contributed by atoms with Crippen LogP contribution in [0.25, 0.3) is 11.5 Å². The van der Waals surface area contributed by atoms with Crippen LogP contribution in [0.2, 0.25) is 0 Å². The third-order valence-electron chi connectivity index (χ3n) is 1.76. The van der Waals surface area contributed by atoms with Crippen LogP contribution in [-0.2, 0) is 0 Å². The maximum atomic E-state index is 13.0. The van der Waals surface area contributed by atoms with Crippen LogP contribution in [0.3, 0.4) is 0 Å². The Bertz CT molecular complexity index is 428. The molecule has 0 amide bonds. The molecule has 0 fully saturated rings. The van der Waals surface area contributed by atoms with Gasteiger partial charge in [-0.25, -0.2) is 4.39 Å². The molecule has 0 N–H and O–H groups in total. The molecule has 4 nitrogen and oxygen atoms in total. The second-order valence-corrected chi connectivity index (χ2v) is 2.59. The van der Waals surface area contributed by atoms with E-state index >= 15 is 0 Å². The smallest absolute Gasteiger partial charge is 0.247 e. The summed E-state index contributed by atoms with van der Waals surface area (Å²) in [4.78, 5) is 0. The van der Waals surface area contributed by atoms with E-state index < -0.39 is 5.82 Å².